The SMILES string of the molecule is O=C(CCS)NCc1ccc2c(c1)CCCC2. The first-order chi connectivity index (χ1) is 8.29. The van der Waals surface area contributed by atoms with Crippen LogP contribution in [0.1, 0.15) is 36.0 Å². The monoisotopic (exact) mass is 249 g/mol. The van der Waals surface area contributed by atoms with Crippen LogP contribution in [0.3, 0.4) is 0 Å². The van der Waals surface area contributed by atoms with E-state index >= 15 is 0 Å². The van der Waals surface area contributed by atoms with Crippen LogP contribution in [0.15, 0.2) is 18.2 Å². The third-order valence-corrected chi connectivity index (χ3v) is 3.47. The van der Waals surface area contributed by atoms with Gasteiger partial charge in [0.15, 0.2) is 0 Å². The van der Waals surface area contributed by atoms with Crippen LogP contribution >= 0.6 is 12.6 Å². The smallest absolute Gasteiger partial charge is 0.221 e. The number of rotatable bonds is 4. The molecule has 2 rings (SSSR count). The summed E-state index contributed by atoms with van der Waals surface area (Å²) in [6, 6.07) is 6.59. The van der Waals surface area contributed by atoms with E-state index in [1.807, 2.05) is 0 Å². The minimum absolute atomic E-state index is 0.0812. The topological polar surface area (TPSA) is 29.1 Å². The Kier molecular flexibility index (Phi) is 4.49. The molecule has 0 bridgehead atoms. The van der Waals surface area contributed by atoms with Crippen molar-refractivity contribution >= 4 is 18.5 Å². The first kappa shape index (κ1) is 12.5. The Morgan fingerprint density at radius 2 is 2.00 bits per heavy atom. The molecule has 3 heteroatoms. The Labute approximate surface area is 108 Å². The molecule has 0 heterocycles. The zero-order valence-corrected chi connectivity index (χ0v) is 10.9. The number of benzene rings is 1. The average molecular weight is 249 g/mol. The number of thiol groups is 1. The van der Waals surface area contributed by atoms with Crippen molar-refractivity contribution < 1.29 is 4.79 Å². The maximum atomic E-state index is 11.3. The van der Waals surface area contributed by atoms with Gasteiger partial charge in [0.2, 0.25) is 5.91 Å². The van der Waals surface area contributed by atoms with Crippen LogP contribution in [0.4, 0.5) is 0 Å². The normalized spacial score (nSPS) is 14.2. The molecule has 1 N–H and O–H groups in total. The van der Waals surface area contributed by atoms with Crippen molar-refractivity contribution in [2.24, 2.45) is 0 Å². The van der Waals surface area contributed by atoms with E-state index in [0.29, 0.717) is 18.7 Å². The van der Waals surface area contributed by atoms with Crippen molar-refractivity contribution in [3.63, 3.8) is 0 Å². The van der Waals surface area contributed by atoms with Crippen LogP contribution < -0.4 is 5.32 Å². The van der Waals surface area contributed by atoms with Crippen molar-refractivity contribution in [3.05, 3.63) is 34.9 Å². The molecule has 1 aliphatic carbocycles. The molecule has 0 saturated heterocycles. The highest BCUT2D eigenvalue weighted by molar-refractivity contribution is 7.80. The summed E-state index contributed by atoms with van der Waals surface area (Å²) in [5.74, 6) is 0.688. The second-order valence-corrected chi connectivity index (χ2v) is 5.01. The molecule has 0 fully saturated rings. The number of aryl methyl sites for hydroxylation is 2. The quantitative estimate of drug-likeness (QED) is 0.789. The molecule has 0 aromatic heterocycles. The summed E-state index contributed by atoms with van der Waals surface area (Å²) in [6.45, 7) is 0.639. The summed E-state index contributed by atoms with van der Waals surface area (Å²) in [5, 5.41) is 2.92. The average Bonchev–Trinajstić information content (AvgIpc) is 2.36. The summed E-state index contributed by atoms with van der Waals surface area (Å²) < 4.78 is 0. The van der Waals surface area contributed by atoms with Crippen LogP contribution in [-0.4, -0.2) is 11.7 Å². The van der Waals surface area contributed by atoms with E-state index in [4.69, 9.17) is 0 Å². The minimum atomic E-state index is 0.0812. The van der Waals surface area contributed by atoms with E-state index in [1.54, 1.807) is 0 Å². The molecule has 0 aliphatic heterocycles. The second-order valence-electron chi connectivity index (χ2n) is 4.56. The molecule has 0 radical (unpaired) electrons. The van der Waals surface area contributed by atoms with Crippen LogP contribution in [0, 0.1) is 0 Å². The lowest BCUT2D eigenvalue weighted by Gasteiger charge is -2.16. The van der Waals surface area contributed by atoms with Crippen LogP contribution in [0.5, 0.6) is 0 Å². The third-order valence-electron chi connectivity index (χ3n) is 3.24. The minimum Gasteiger partial charge on any atom is -0.352 e. The molecular weight excluding hydrogens is 230 g/mol. The first-order valence-electron chi connectivity index (χ1n) is 6.28. The summed E-state index contributed by atoms with van der Waals surface area (Å²) in [5.41, 5.74) is 4.16. The van der Waals surface area contributed by atoms with Gasteiger partial charge in [0.25, 0.3) is 0 Å². The van der Waals surface area contributed by atoms with Gasteiger partial charge in [0.05, 0.1) is 0 Å². The van der Waals surface area contributed by atoms with Crippen molar-refractivity contribution in [1.29, 1.82) is 0 Å². The highest BCUT2D eigenvalue weighted by Gasteiger charge is 2.09. The predicted octanol–water partition coefficient (Wildman–Crippen LogP) is 2.50. The molecule has 1 aromatic carbocycles. The van der Waals surface area contributed by atoms with E-state index in [1.165, 1.54) is 42.4 Å². The lowest BCUT2D eigenvalue weighted by molar-refractivity contribution is -0.120. The maximum Gasteiger partial charge on any atom is 0.221 e. The number of hydrogen-bond acceptors (Lipinski definition) is 2. The van der Waals surface area contributed by atoms with Gasteiger partial charge in [-0.25, -0.2) is 0 Å². The summed E-state index contributed by atoms with van der Waals surface area (Å²) in [7, 11) is 0. The van der Waals surface area contributed by atoms with Gasteiger partial charge < -0.3 is 5.32 Å². The summed E-state index contributed by atoms with van der Waals surface area (Å²) >= 11 is 4.04. The fourth-order valence-corrected chi connectivity index (χ4v) is 2.49. The fourth-order valence-electron chi connectivity index (χ4n) is 2.29. The molecule has 1 amide bonds. The standard InChI is InChI=1S/C14H19NOS/c16-14(7-8-17)15-10-11-5-6-12-3-1-2-4-13(12)9-11/h5-6,9,17H,1-4,7-8,10H2,(H,15,16). The Morgan fingerprint density at radius 3 is 2.76 bits per heavy atom. The number of amides is 1. The van der Waals surface area contributed by atoms with Gasteiger partial charge in [0.1, 0.15) is 0 Å². The van der Waals surface area contributed by atoms with Crippen molar-refractivity contribution in [3.8, 4) is 0 Å². The lowest BCUT2D eigenvalue weighted by atomic mass is 9.90. The largest absolute Gasteiger partial charge is 0.352 e. The Morgan fingerprint density at radius 1 is 1.24 bits per heavy atom. The third kappa shape index (κ3) is 3.50. The van der Waals surface area contributed by atoms with Gasteiger partial charge in [-0.15, -0.1) is 0 Å². The number of fused-ring (bicyclic) bond motifs is 1. The molecule has 17 heavy (non-hydrogen) atoms. The number of hydrogen-bond donors (Lipinski definition) is 2. The van der Waals surface area contributed by atoms with Gasteiger partial charge in [-0.05, 0) is 48.1 Å². The Hall–Kier alpha value is -0.960. The molecule has 0 spiro atoms. The zero-order valence-electron chi connectivity index (χ0n) is 10.0. The molecule has 2 nitrogen and oxygen atoms in total. The molecule has 0 unspecified atom stereocenters. The maximum absolute atomic E-state index is 11.3. The zero-order chi connectivity index (χ0) is 12.1. The number of nitrogens with one attached hydrogen (secondary N) is 1. The molecular formula is C14H19NOS. The van der Waals surface area contributed by atoms with Gasteiger partial charge in [-0.2, -0.15) is 12.6 Å². The summed E-state index contributed by atoms with van der Waals surface area (Å²) in [6.07, 6.45) is 5.50. The number of carbonyl (C=O) groups is 1. The molecule has 0 saturated carbocycles. The first-order valence-corrected chi connectivity index (χ1v) is 6.91. The van der Waals surface area contributed by atoms with Gasteiger partial charge in [0, 0.05) is 13.0 Å². The Bertz CT molecular complexity index is 403. The van der Waals surface area contributed by atoms with E-state index in [0.717, 1.165) is 0 Å². The van der Waals surface area contributed by atoms with Crippen LogP contribution in [0.25, 0.3) is 0 Å². The van der Waals surface area contributed by atoms with Gasteiger partial charge >= 0.3 is 0 Å². The van der Waals surface area contributed by atoms with Crippen molar-refractivity contribution in [2.75, 3.05) is 5.75 Å². The highest BCUT2D eigenvalue weighted by atomic mass is 32.1. The predicted molar refractivity (Wildman–Crippen MR) is 73.4 cm³/mol. The fraction of sp³-hybridized carbons (Fsp3) is 0.500. The molecule has 0 atom stereocenters. The van der Waals surface area contributed by atoms with E-state index < -0.39 is 0 Å². The summed E-state index contributed by atoms with van der Waals surface area (Å²) in [4.78, 5) is 11.3. The van der Waals surface area contributed by atoms with E-state index in [-0.39, 0.29) is 5.91 Å². The van der Waals surface area contributed by atoms with Crippen molar-refractivity contribution in [2.45, 2.75) is 38.6 Å². The molecule has 92 valence electrons. The second kappa shape index (κ2) is 6.10. The van der Waals surface area contributed by atoms with Crippen LogP contribution in [-0.2, 0) is 24.2 Å². The van der Waals surface area contributed by atoms with Gasteiger partial charge in [-0.1, -0.05) is 18.2 Å². The molecule has 1 aromatic rings. The van der Waals surface area contributed by atoms with Gasteiger partial charge in [-0.3, -0.25) is 4.79 Å². The van der Waals surface area contributed by atoms with Crippen LogP contribution in [0.2, 0.25) is 0 Å². The van der Waals surface area contributed by atoms with E-state index in [9.17, 15) is 4.79 Å². The highest BCUT2D eigenvalue weighted by Crippen LogP contribution is 2.22. The van der Waals surface area contributed by atoms with E-state index in [2.05, 4.69) is 36.1 Å². The van der Waals surface area contributed by atoms with Crippen molar-refractivity contribution in [1.82, 2.24) is 5.32 Å². The number of carbonyl (C=O) groups excluding carboxylic acids is 1. The Balaban J connectivity index is 1.95. The molecule has 1 aliphatic rings. The lowest BCUT2D eigenvalue weighted by Crippen LogP contribution is -2.23.